The maximum absolute atomic E-state index is 12.2. The molecule has 0 aliphatic heterocycles. The summed E-state index contributed by atoms with van der Waals surface area (Å²) in [6.07, 6.45) is 3.51. The normalized spacial score (nSPS) is 13.5. The molecular weight excluding hydrogens is 262 g/mol. The molecule has 0 radical (unpaired) electrons. The first kappa shape index (κ1) is 15.2. The minimum atomic E-state index is -0.283. The van der Waals surface area contributed by atoms with Gasteiger partial charge in [0, 0.05) is 24.1 Å². The van der Waals surface area contributed by atoms with Crippen LogP contribution in [-0.4, -0.2) is 16.9 Å². The van der Waals surface area contributed by atoms with Gasteiger partial charge in [-0.1, -0.05) is 17.7 Å². The number of amides is 1. The molecule has 2 rings (SSSR count). The van der Waals surface area contributed by atoms with Crippen LogP contribution in [0.5, 0.6) is 0 Å². The molecule has 0 aliphatic carbocycles. The zero-order valence-corrected chi connectivity index (χ0v) is 12.6. The molecule has 4 heteroatoms. The van der Waals surface area contributed by atoms with Gasteiger partial charge in [-0.25, -0.2) is 0 Å². The Morgan fingerprint density at radius 3 is 2.29 bits per heavy atom. The molecule has 2 aromatic rings. The average molecular weight is 283 g/mol. The number of nitrogens with zero attached hydrogens (tertiary/aromatic N) is 1. The van der Waals surface area contributed by atoms with Gasteiger partial charge in [-0.2, -0.15) is 0 Å². The fourth-order valence-corrected chi connectivity index (χ4v) is 2.09. The third-order valence-electron chi connectivity index (χ3n) is 3.42. The van der Waals surface area contributed by atoms with E-state index in [1.165, 1.54) is 5.56 Å². The molecular formula is C17H21N3O. The maximum atomic E-state index is 12.2. The van der Waals surface area contributed by atoms with Gasteiger partial charge in [0.15, 0.2) is 0 Å². The summed E-state index contributed by atoms with van der Waals surface area (Å²) in [5.41, 5.74) is 3.10. The first-order valence-electron chi connectivity index (χ1n) is 7.10. The van der Waals surface area contributed by atoms with Crippen molar-refractivity contribution in [2.75, 3.05) is 5.32 Å². The molecule has 2 N–H and O–H groups in total. The van der Waals surface area contributed by atoms with E-state index in [1.807, 2.05) is 57.2 Å². The van der Waals surface area contributed by atoms with Crippen molar-refractivity contribution >= 4 is 11.6 Å². The van der Waals surface area contributed by atoms with Crippen LogP contribution in [0.15, 0.2) is 48.8 Å². The molecule has 0 spiro atoms. The van der Waals surface area contributed by atoms with E-state index in [9.17, 15) is 4.79 Å². The Kier molecular flexibility index (Phi) is 5.06. The van der Waals surface area contributed by atoms with E-state index in [2.05, 4.69) is 15.6 Å². The Morgan fingerprint density at radius 2 is 1.67 bits per heavy atom. The molecule has 1 heterocycles. The molecule has 1 aromatic carbocycles. The Labute approximate surface area is 125 Å². The summed E-state index contributed by atoms with van der Waals surface area (Å²) < 4.78 is 0. The van der Waals surface area contributed by atoms with Crippen LogP contribution in [0.3, 0.4) is 0 Å². The van der Waals surface area contributed by atoms with E-state index in [-0.39, 0.29) is 18.0 Å². The predicted molar refractivity (Wildman–Crippen MR) is 85.1 cm³/mol. The Bertz CT molecular complexity index is 581. The molecule has 21 heavy (non-hydrogen) atoms. The van der Waals surface area contributed by atoms with E-state index >= 15 is 0 Å². The van der Waals surface area contributed by atoms with E-state index in [0.717, 1.165) is 11.3 Å². The van der Waals surface area contributed by atoms with E-state index in [4.69, 9.17) is 0 Å². The zero-order chi connectivity index (χ0) is 15.2. The second-order valence-electron chi connectivity index (χ2n) is 5.25. The lowest BCUT2D eigenvalue weighted by atomic mass is 10.1. The minimum Gasteiger partial charge on any atom is -0.325 e. The molecule has 1 unspecified atom stereocenters. The van der Waals surface area contributed by atoms with Crippen molar-refractivity contribution in [3.63, 3.8) is 0 Å². The van der Waals surface area contributed by atoms with Gasteiger partial charge in [0.1, 0.15) is 0 Å². The van der Waals surface area contributed by atoms with Gasteiger partial charge in [-0.05, 0) is 50.6 Å². The fourth-order valence-electron chi connectivity index (χ4n) is 2.09. The van der Waals surface area contributed by atoms with Gasteiger partial charge >= 0.3 is 0 Å². The number of carbonyl (C=O) groups excluding carboxylic acids is 1. The lowest BCUT2D eigenvalue weighted by Crippen LogP contribution is -2.39. The highest BCUT2D eigenvalue weighted by atomic mass is 16.2. The number of aromatic nitrogens is 1. The molecule has 110 valence electrons. The molecule has 4 nitrogen and oxygen atoms in total. The van der Waals surface area contributed by atoms with E-state index in [0.29, 0.717) is 0 Å². The maximum Gasteiger partial charge on any atom is 0.241 e. The molecule has 0 bridgehead atoms. The summed E-state index contributed by atoms with van der Waals surface area (Å²) in [6.45, 7) is 5.92. The van der Waals surface area contributed by atoms with Crippen LogP contribution >= 0.6 is 0 Å². The fraction of sp³-hybridized carbons (Fsp3) is 0.294. The molecule has 0 fully saturated rings. The van der Waals surface area contributed by atoms with Crippen molar-refractivity contribution in [1.29, 1.82) is 0 Å². The summed E-state index contributed by atoms with van der Waals surface area (Å²) in [5.74, 6) is -0.0419. The Morgan fingerprint density at radius 1 is 1.05 bits per heavy atom. The number of pyridine rings is 1. The van der Waals surface area contributed by atoms with Gasteiger partial charge in [-0.15, -0.1) is 0 Å². The van der Waals surface area contributed by atoms with Crippen LogP contribution in [0.4, 0.5) is 5.69 Å². The van der Waals surface area contributed by atoms with Crippen molar-refractivity contribution in [1.82, 2.24) is 10.3 Å². The van der Waals surface area contributed by atoms with Gasteiger partial charge in [0.2, 0.25) is 5.91 Å². The first-order chi connectivity index (χ1) is 10.1. The third kappa shape index (κ3) is 4.39. The van der Waals surface area contributed by atoms with Gasteiger partial charge < -0.3 is 5.32 Å². The van der Waals surface area contributed by atoms with Crippen LogP contribution < -0.4 is 10.6 Å². The number of aryl methyl sites for hydroxylation is 1. The molecule has 2 atom stereocenters. The van der Waals surface area contributed by atoms with Crippen molar-refractivity contribution in [2.45, 2.75) is 32.9 Å². The van der Waals surface area contributed by atoms with Crippen LogP contribution in [0, 0.1) is 6.92 Å². The van der Waals surface area contributed by atoms with Crippen molar-refractivity contribution < 1.29 is 4.79 Å². The van der Waals surface area contributed by atoms with Gasteiger partial charge in [0.25, 0.3) is 0 Å². The van der Waals surface area contributed by atoms with Crippen LogP contribution in [0.1, 0.15) is 31.0 Å². The molecule has 0 saturated carbocycles. The zero-order valence-electron chi connectivity index (χ0n) is 12.6. The Balaban J connectivity index is 1.92. The number of benzene rings is 1. The third-order valence-corrected chi connectivity index (χ3v) is 3.42. The molecule has 1 amide bonds. The molecule has 1 aromatic heterocycles. The highest BCUT2D eigenvalue weighted by Crippen LogP contribution is 2.12. The highest BCUT2D eigenvalue weighted by molar-refractivity contribution is 5.94. The van der Waals surface area contributed by atoms with Gasteiger partial charge in [-0.3, -0.25) is 15.1 Å². The summed E-state index contributed by atoms with van der Waals surface area (Å²) >= 11 is 0. The van der Waals surface area contributed by atoms with Gasteiger partial charge in [0.05, 0.1) is 6.04 Å². The van der Waals surface area contributed by atoms with E-state index < -0.39 is 0 Å². The summed E-state index contributed by atoms with van der Waals surface area (Å²) in [6, 6.07) is 11.5. The van der Waals surface area contributed by atoms with Crippen LogP contribution in [0.25, 0.3) is 0 Å². The standard InChI is InChI=1S/C17H21N3O/c1-12-4-6-16(7-5-12)20-17(21)14(3)19-13(2)15-8-10-18-11-9-15/h4-11,13-14,19H,1-3H3,(H,20,21)/t13-,14?/m1/s1. The largest absolute Gasteiger partial charge is 0.325 e. The SMILES string of the molecule is Cc1ccc(NC(=O)C(C)N[C@H](C)c2ccncc2)cc1. The molecule has 0 saturated heterocycles. The molecule has 0 aliphatic rings. The predicted octanol–water partition coefficient (Wildman–Crippen LogP) is 3.07. The van der Waals surface area contributed by atoms with Crippen LogP contribution in [0.2, 0.25) is 0 Å². The second-order valence-corrected chi connectivity index (χ2v) is 5.25. The quantitative estimate of drug-likeness (QED) is 0.886. The van der Waals surface area contributed by atoms with Crippen molar-refractivity contribution in [2.24, 2.45) is 0 Å². The number of nitrogens with one attached hydrogen (secondary N) is 2. The Hall–Kier alpha value is -2.20. The first-order valence-corrected chi connectivity index (χ1v) is 7.10. The number of hydrogen-bond acceptors (Lipinski definition) is 3. The smallest absolute Gasteiger partial charge is 0.241 e. The lowest BCUT2D eigenvalue weighted by molar-refractivity contribution is -0.117. The van der Waals surface area contributed by atoms with E-state index in [1.54, 1.807) is 12.4 Å². The number of anilines is 1. The summed E-state index contributed by atoms with van der Waals surface area (Å²) in [5, 5.41) is 6.20. The summed E-state index contributed by atoms with van der Waals surface area (Å²) in [7, 11) is 0. The second kappa shape index (κ2) is 6.99. The van der Waals surface area contributed by atoms with Crippen molar-refractivity contribution in [3.05, 3.63) is 59.9 Å². The summed E-state index contributed by atoms with van der Waals surface area (Å²) in [4.78, 5) is 16.2. The number of carbonyl (C=O) groups is 1. The topological polar surface area (TPSA) is 54.0 Å². The van der Waals surface area contributed by atoms with Crippen LogP contribution in [-0.2, 0) is 4.79 Å². The number of hydrogen-bond donors (Lipinski definition) is 2. The minimum absolute atomic E-state index is 0.0419. The van der Waals surface area contributed by atoms with Crippen molar-refractivity contribution in [3.8, 4) is 0 Å². The average Bonchev–Trinajstić information content (AvgIpc) is 2.50. The number of rotatable bonds is 5. The lowest BCUT2D eigenvalue weighted by Gasteiger charge is -2.20. The monoisotopic (exact) mass is 283 g/mol. The highest BCUT2D eigenvalue weighted by Gasteiger charge is 2.16.